The molecule has 1 heterocycles. The van der Waals surface area contributed by atoms with Gasteiger partial charge in [0.25, 0.3) is 0 Å². The zero-order valence-corrected chi connectivity index (χ0v) is 14.2. The lowest BCUT2D eigenvalue weighted by Crippen LogP contribution is -2.07. The van der Waals surface area contributed by atoms with Gasteiger partial charge in [-0.05, 0) is 31.5 Å². The number of esters is 1. The van der Waals surface area contributed by atoms with Crippen molar-refractivity contribution >= 4 is 44.8 Å². The quantitative estimate of drug-likeness (QED) is 0.732. The molecular formula is C14H13BrClNO2S. The second-order valence-electron chi connectivity index (χ2n) is 4.21. The van der Waals surface area contributed by atoms with Gasteiger partial charge >= 0.3 is 5.97 Å². The molecule has 2 rings (SSSR count). The van der Waals surface area contributed by atoms with Crippen molar-refractivity contribution in [1.29, 1.82) is 0 Å². The van der Waals surface area contributed by atoms with Crippen LogP contribution in [0.5, 0.6) is 0 Å². The Morgan fingerprint density at radius 2 is 2.25 bits per heavy atom. The highest BCUT2D eigenvalue weighted by atomic mass is 79.9. The van der Waals surface area contributed by atoms with E-state index in [1.165, 1.54) is 11.3 Å². The number of carbonyl (C=O) groups excluding carboxylic acids is 1. The number of hydrogen-bond donors (Lipinski definition) is 0. The van der Waals surface area contributed by atoms with Crippen LogP contribution in [0.15, 0.2) is 22.0 Å². The molecule has 0 saturated carbocycles. The standard InChI is InChI=1S/C14H13BrClNO2S/c1-3-19-13(18)5-9-7-20-14(17-9)10-4-8(2)12(16)6-11(10)15/h4,6-7H,3,5H2,1-2H3. The molecule has 1 aromatic heterocycles. The van der Waals surface area contributed by atoms with Gasteiger partial charge in [0.1, 0.15) is 5.01 Å². The zero-order chi connectivity index (χ0) is 14.7. The minimum atomic E-state index is -0.254. The van der Waals surface area contributed by atoms with E-state index in [1.807, 2.05) is 24.4 Å². The Labute approximate surface area is 135 Å². The number of ether oxygens (including phenoxy) is 1. The first kappa shape index (κ1) is 15.5. The van der Waals surface area contributed by atoms with Crippen LogP contribution >= 0.6 is 38.9 Å². The summed E-state index contributed by atoms with van der Waals surface area (Å²) in [5.74, 6) is -0.254. The van der Waals surface area contributed by atoms with Gasteiger partial charge < -0.3 is 4.74 Å². The second kappa shape index (κ2) is 6.70. The SMILES string of the molecule is CCOC(=O)Cc1csc(-c2cc(C)c(Cl)cc2Br)n1. The minimum Gasteiger partial charge on any atom is -0.466 e. The van der Waals surface area contributed by atoms with Gasteiger partial charge in [-0.3, -0.25) is 4.79 Å². The van der Waals surface area contributed by atoms with E-state index in [1.54, 1.807) is 6.92 Å². The molecule has 1 aromatic carbocycles. The van der Waals surface area contributed by atoms with Crippen LogP contribution in [0.25, 0.3) is 10.6 Å². The van der Waals surface area contributed by atoms with Crippen molar-refractivity contribution in [3.8, 4) is 10.6 Å². The fraction of sp³-hybridized carbons (Fsp3) is 0.286. The molecule has 0 saturated heterocycles. The third kappa shape index (κ3) is 3.59. The van der Waals surface area contributed by atoms with Gasteiger partial charge in [-0.25, -0.2) is 4.98 Å². The molecule has 2 aromatic rings. The predicted octanol–water partition coefficient (Wildman–Crippen LogP) is 4.64. The van der Waals surface area contributed by atoms with Gasteiger partial charge in [-0.15, -0.1) is 11.3 Å². The van der Waals surface area contributed by atoms with Crippen molar-refractivity contribution in [2.75, 3.05) is 6.61 Å². The van der Waals surface area contributed by atoms with Crippen molar-refractivity contribution < 1.29 is 9.53 Å². The lowest BCUT2D eigenvalue weighted by molar-refractivity contribution is -0.142. The number of benzene rings is 1. The zero-order valence-electron chi connectivity index (χ0n) is 11.1. The van der Waals surface area contributed by atoms with Crippen LogP contribution in [0.3, 0.4) is 0 Å². The summed E-state index contributed by atoms with van der Waals surface area (Å²) >= 11 is 11.1. The van der Waals surface area contributed by atoms with E-state index in [0.717, 1.165) is 26.3 Å². The minimum absolute atomic E-state index is 0.203. The van der Waals surface area contributed by atoms with Crippen LogP contribution in [0, 0.1) is 6.92 Å². The van der Waals surface area contributed by atoms with Crippen LogP contribution in [-0.2, 0) is 16.0 Å². The van der Waals surface area contributed by atoms with E-state index in [2.05, 4.69) is 20.9 Å². The molecule has 0 bridgehead atoms. The van der Waals surface area contributed by atoms with Crippen LogP contribution in [0.4, 0.5) is 0 Å². The molecule has 0 aliphatic heterocycles. The van der Waals surface area contributed by atoms with Crippen LogP contribution in [0.2, 0.25) is 5.02 Å². The number of rotatable bonds is 4. The largest absolute Gasteiger partial charge is 0.466 e. The Bertz CT molecular complexity index is 642. The summed E-state index contributed by atoms with van der Waals surface area (Å²) in [6.45, 7) is 4.13. The molecule has 0 fully saturated rings. The molecule has 20 heavy (non-hydrogen) atoms. The summed E-state index contributed by atoms with van der Waals surface area (Å²) in [4.78, 5) is 15.9. The summed E-state index contributed by atoms with van der Waals surface area (Å²) in [5, 5.41) is 3.45. The lowest BCUT2D eigenvalue weighted by atomic mass is 10.1. The van der Waals surface area contributed by atoms with Crippen LogP contribution in [0.1, 0.15) is 18.2 Å². The van der Waals surface area contributed by atoms with Crippen molar-refractivity contribution in [1.82, 2.24) is 4.98 Å². The number of aromatic nitrogens is 1. The summed E-state index contributed by atoms with van der Waals surface area (Å²) < 4.78 is 5.81. The van der Waals surface area contributed by atoms with Crippen molar-refractivity contribution in [3.05, 3.63) is 38.3 Å². The molecular weight excluding hydrogens is 362 g/mol. The Morgan fingerprint density at radius 1 is 1.50 bits per heavy atom. The van der Waals surface area contributed by atoms with Crippen molar-refractivity contribution in [2.45, 2.75) is 20.3 Å². The maximum absolute atomic E-state index is 11.4. The molecule has 0 radical (unpaired) electrons. The van der Waals surface area contributed by atoms with Gasteiger partial charge in [0, 0.05) is 20.4 Å². The average Bonchev–Trinajstić information content (AvgIpc) is 2.82. The van der Waals surface area contributed by atoms with E-state index in [9.17, 15) is 4.79 Å². The highest BCUT2D eigenvalue weighted by Gasteiger charge is 2.13. The van der Waals surface area contributed by atoms with Crippen LogP contribution < -0.4 is 0 Å². The molecule has 0 N–H and O–H groups in total. The molecule has 0 aliphatic rings. The van der Waals surface area contributed by atoms with E-state index in [4.69, 9.17) is 16.3 Å². The van der Waals surface area contributed by atoms with Gasteiger partial charge in [-0.1, -0.05) is 27.5 Å². The lowest BCUT2D eigenvalue weighted by Gasteiger charge is -2.04. The topological polar surface area (TPSA) is 39.2 Å². The van der Waals surface area contributed by atoms with E-state index < -0.39 is 0 Å². The maximum Gasteiger partial charge on any atom is 0.311 e. The summed E-state index contributed by atoms with van der Waals surface area (Å²) in [7, 11) is 0. The van der Waals surface area contributed by atoms with Gasteiger partial charge in [0.15, 0.2) is 0 Å². The molecule has 0 unspecified atom stereocenters. The molecule has 0 aliphatic carbocycles. The highest BCUT2D eigenvalue weighted by molar-refractivity contribution is 9.10. The first-order valence-electron chi connectivity index (χ1n) is 6.07. The maximum atomic E-state index is 11.4. The average molecular weight is 375 g/mol. The second-order valence-corrected chi connectivity index (χ2v) is 6.33. The Hall–Kier alpha value is -0.910. The highest BCUT2D eigenvalue weighted by Crippen LogP contribution is 2.34. The van der Waals surface area contributed by atoms with Crippen molar-refractivity contribution in [2.24, 2.45) is 0 Å². The van der Waals surface area contributed by atoms with Crippen LogP contribution in [-0.4, -0.2) is 17.6 Å². The normalized spacial score (nSPS) is 10.6. The van der Waals surface area contributed by atoms with E-state index >= 15 is 0 Å². The third-order valence-electron chi connectivity index (χ3n) is 2.66. The Kier molecular flexibility index (Phi) is 5.18. The molecule has 0 spiro atoms. The van der Waals surface area contributed by atoms with Crippen molar-refractivity contribution in [3.63, 3.8) is 0 Å². The molecule has 3 nitrogen and oxygen atoms in total. The van der Waals surface area contributed by atoms with E-state index in [-0.39, 0.29) is 12.4 Å². The molecule has 6 heteroatoms. The molecule has 0 amide bonds. The third-order valence-corrected chi connectivity index (χ3v) is 4.65. The van der Waals surface area contributed by atoms with E-state index in [0.29, 0.717) is 11.6 Å². The number of hydrogen-bond acceptors (Lipinski definition) is 4. The summed E-state index contributed by atoms with van der Waals surface area (Å²) in [5.41, 5.74) is 2.70. The smallest absolute Gasteiger partial charge is 0.311 e. The monoisotopic (exact) mass is 373 g/mol. The number of nitrogens with zero attached hydrogens (tertiary/aromatic N) is 1. The molecule has 0 atom stereocenters. The first-order valence-corrected chi connectivity index (χ1v) is 8.12. The fourth-order valence-electron chi connectivity index (χ4n) is 1.69. The Morgan fingerprint density at radius 3 is 2.95 bits per heavy atom. The predicted molar refractivity (Wildman–Crippen MR) is 85.3 cm³/mol. The van der Waals surface area contributed by atoms with Gasteiger partial charge in [-0.2, -0.15) is 0 Å². The summed E-state index contributed by atoms with van der Waals surface area (Å²) in [6.07, 6.45) is 0.203. The number of halogens is 2. The number of thiazole rings is 1. The van der Waals surface area contributed by atoms with Gasteiger partial charge in [0.2, 0.25) is 0 Å². The molecule has 106 valence electrons. The van der Waals surface area contributed by atoms with Gasteiger partial charge in [0.05, 0.1) is 18.7 Å². The first-order chi connectivity index (χ1) is 9.51. The summed E-state index contributed by atoms with van der Waals surface area (Å²) in [6, 6.07) is 3.85. The number of aryl methyl sites for hydroxylation is 1. The fourth-order valence-corrected chi connectivity index (χ4v) is 3.50. The number of carbonyl (C=O) groups is 1. The Balaban J connectivity index is 2.25.